The van der Waals surface area contributed by atoms with E-state index in [-0.39, 0.29) is 35.7 Å². The van der Waals surface area contributed by atoms with Gasteiger partial charge in [0.25, 0.3) is 0 Å². The Balaban J connectivity index is 1.50. The lowest BCUT2D eigenvalue weighted by Gasteiger charge is -2.34. The molecule has 0 spiro atoms. The van der Waals surface area contributed by atoms with Crippen LogP contribution in [0.25, 0.3) is 0 Å². The van der Waals surface area contributed by atoms with Crippen LogP contribution < -0.4 is 4.90 Å². The van der Waals surface area contributed by atoms with Gasteiger partial charge < -0.3 is 14.7 Å². The molecule has 2 aromatic rings. The first-order chi connectivity index (χ1) is 17.7. The minimum Gasteiger partial charge on any atom is -0.337 e. The summed E-state index contributed by atoms with van der Waals surface area (Å²) in [5.41, 5.74) is 1.75. The van der Waals surface area contributed by atoms with Crippen molar-refractivity contribution < 1.29 is 22.4 Å². The molecule has 37 heavy (non-hydrogen) atoms. The molecule has 0 bridgehead atoms. The normalized spacial score (nSPS) is 19.2. The highest BCUT2D eigenvalue weighted by Gasteiger charge is 2.34. The second-order valence-electron chi connectivity index (χ2n) is 9.85. The summed E-state index contributed by atoms with van der Waals surface area (Å²) in [6, 6.07) is 12.5. The lowest BCUT2D eigenvalue weighted by molar-refractivity contribution is -0.137. The highest BCUT2D eigenvalue weighted by molar-refractivity contribution is 7.89. The molecule has 2 aliphatic heterocycles. The number of halogens is 1. The summed E-state index contributed by atoms with van der Waals surface area (Å²) in [5.74, 6) is -0.791. The molecule has 0 saturated carbocycles. The van der Waals surface area contributed by atoms with E-state index < -0.39 is 15.8 Å². The monoisotopic (exact) mass is 530 g/mol. The number of fused-ring (bicyclic) bond motifs is 1. The first kappa shape index (κ1) is 27.2. The Labute approximate surface area is 218 Å². The number of benzene rings is 2. The first-order valence-electron chi connectivity index (χ1n) is 12.8. The molecule has 2 aliphatic rings. The average molecular weight is 531 g/mol. The zero-order valence-corrected chi connectivity index (χ0v) is 22.3. The third kappa shape index (κ3) is 6.37. The van der Waals surface area contributed by atoms with Crippen molar-refractivity contribution in [3.63, 3.8) is 0 Å². The van der Waals surface area contributed by atoms with Crippen LogP contribution in [0.2, 0.25) is 0 Å². The van der Waals surface area contributed by atoms with Gasteiger partial charge in [-0.15, -0.1) is 0 Å². The highest BCUT2D eigenvalue weighted by atomic mass is 32.2. The number of amides is 2. The van der Waals surface area contributed by atoms with Gasteiger partial charge in [0.1, 0.15) is 5.82 Å². The van der Waals surface area contributed by atoms with Crippen LogP contribution >= 0.6 is 0 Å². The zero-order chi connectivity index (χ0) is 26.6. The van der Waals surface area contributed by atoms with E-state index in [4.69, 9.17) is 0 Å². The topological polar surface area (TPSA) is 81.2 Å². The third-order valence-corrected chi connectivity index (χ3v) is 9.18. The van der Waals surface area contributed by atoms with E-state index in [2.05, 4.69) is 4.90 Å². The zero-order valence-electron chi connectivity index (χ0n) is 21.5. The largest absolute Gasteiger partial charge is 0.337 e. The van der Waals surface area contributed by atoms with Crippen molar-refractivity contribution >= 4 is 27.5 Å². The molecule has 0 radical (unpaired) electrons. The molecule has 0 atom stereocenters. The van der Waals surface area contributed by atoms with Crippen LogP contribution in [0.1, 0.15) is 31.7 Å². The van der Waals surface area contributed by atoms with Crippen molar-refractivity contribution in [1.29, 1.82) is 0 Å². The number of piperidine rings is 1. The Morgan fingerprint density at radius 3 is 2.24 bits per heavy atom. The maximum Gasteiger partial charge on any atom is 0.243 e. The standard InChI is InChI=1S/C27H35FN4O4S/c1-21(33)32-15-5-14-29(2)18-19-30(20-23-6-3-4-7-26(23)32)27(34)22-12-16-31(17-13-22)37(35,36)25-10-8-24(28)9-11-25/h3-4,6-11,22H,5,12-20H2,1-2H3. The van der Waals surface area contributed by atoms with E-state index in [9.17, 15) is 22.4 Å². The number of hydrogen-bond acceptors (Lipinski definition) is 5. The van der Waals surface area contributed by atoms with Crippen LogP contribution in [0.3, 0.4) is 0 Å². The molecule has 10 heteroatoms. The van der Waals surface area contributed by atoms with Gasteiger partial charge in [0.05, 0.1) is 4.90 Å². The van der Waals surface area contributed by atoms with Gasteiger partial charge in [-0.3, -0.25) is 9.59 Å². The lowest BCUT2D eigenvalue weighted by atomic mass is 9.96. The maximum absolute atomic E-state index is 13.7. The predicted molar refractivity (Wildman–Crippen MR) is 140 cm³/mol. The summed E-state index contributed by atoms with van der Waals surface area (Å²) in [4.78, 5) is 32.0. The highest BCUT2D eigenvalue weighted by Crippen LogP contribution is 2.28. The van der Waals surface area contributed by atoms with Crippen LogP contribution in [0.15, 0.2) is 53.4 Å². The molecule has 1 saturated heterocycles. The third-order valence-electron chi connectivity index (χ3n) is 7.26. The summed E-state index contributed by atoms with van der Waals surface area (Å²) in [7, 11) is -1.72. The number of rotatable bonds is 3. The van der Waals surface area contributed by atoms with E-state index in [1.54, 1.807) is 11.8 Å². The van der Waals surface area contributed by atoms with Crippen molar-refractivity contribution in [2.45, 2.75) is 37.6 Å². The molecule has 0 N–H and O–H groups in total. The summed E-state index contributed by atoms with van der Waals surface area (Å²) < 4.78 is 40.6. The van der Waals surface area contributed by atoms with Crippen LogP contribution in [0.4, 0.5) is 10.1 Å². The summed E-state index contributed by atoms with van der Waals surface area (Å²) in [6.45, 7) is 5.12. The van der Waals surface area contributed by atoms with Crippen LogP contribution in [0, 0.1) is 11.7 Å². The SMILES string of the molecule is CC(=O)N1CCCN(C)CCN(C(=O)C2CCN(S(=O)(=O)c3ccc(F)cc3)CC2)Cc2ccccc21. The van der Waals surface area contributed by atoms with Crippen LogP contribution in [0.5, 0.6) is 0 Å². The van der Waals surface area contributed by atoms with Crippen LogP contribution in [-0.2, 0) is 26.2 Å². The Morgan fingerprint density at radius 1 is 0.892 bits per heavy atom. The van der Waals surface area contributed by atoms with Crippen LogP contribution in [-0.4, -0.2) is 80.7 Å². The quantitative estimate of drug-likeness (QED) is 0.610. The molecule has 4 rings (SSSR count). The van der Waals surface area contributed by atoms with Gasteiger partial charge in [-0.1, -0.05) is 18.2 Å². The minimum absolute atomic E-state index is 0.00987. The number of nitrogens with zero attached hydrogens (tertiary/aromatic N) is 4. The molecule has 0 aliphatic carbocycles. The molecule has 2 amide bonds. The number of carbonyl (C=O) groups is 2. The molecule has 8 nitrogen and oxygen atoms in total. The lowest BCUT2D eigenvalue weighted by Crippen LogP contribution is -2.45. The van der Waals surface area contributed by atoms with Gasteiger partial charge in [-0.05, 0) is 68.8 Å². The first-order valence-corrected chi connectivity index (χ1v) is 14.2. The minimum atomic E-state index is -3.74. The van der Waals surface area contributed by atoms with Crippen molar-refractivity contribution in [1.82, 2.24) is 14.1 Å². The molecular formula is C27H35FN4O4S. The maximum atomic E-state index is 13.7. The van der Waals surface area contributed by atoms with E-state index in [1.165, 1.54) is 16.4 Å². The summed E-state index contributed by atoms with van der Waals surface area (Å²) >= 11 is 0. The number of hydrogen-bond donors (Lipinski definition) is 0. The van der Waals surface area contributed by atoms with Crippen molar-refractivity contribution in [3.8, 4) is 0 Å². The van der Waals surface area contributed by atoms with E-state index in [0.717, 1.165) is 36.3 Å². The Morgan fingerprint density at radius 2 is 1.57 bits per heavy atom. The van der Waals surface area contributed by atoms with Gasteiger partial charge >= 0.3 is 0 Å². The number of sulfonamides is 1. The number of para-hydroxylation sites is 1. The Kier molecular flexibility index (Phi) is 8.61. The molecule has 2 aromatic carbocycles. The van der Waals surface area contributed by atoms with Gasteiger partial charge in [0.15, 0.2) is 0 Å². The molecule has 2 heterocycles. The molecule has 0 unspecified atom stereocenters. The van der Waals surface area contributed by atoms with Gasteiger partial charge in [0.2, 0.25) is 21.8 Å². The van der Waals surface area contributed by atoms with Crippen molar-refractivity contribution in [2.75, 3.05) is 51.2 Å². The predicted octanol–water partition coefficient (Wildman–Crippen LogP) is 2.94. The Bertz CT molecular complexity index is 1210. The smallest absolute Gasteiger partial charge is 0.243 e. The van der Waals surface area contributed by atoms with E-state index in [1.807, 2.05) is 36.2 Å². The average Bonchev–Trinajstić information content (AvgIpc) is 2.92. The summed E-state index contributed by atoms with van der Waals surface area (Å²) in [5, 5.41) is 0. The van der Waals surface area contributed by atoms with Gasteiger partial charge in [-0.2, -0.15) is 4.31 Å². The van der Waals surface area contributed by atoms with Gasteiger partial charge in [-0.25, -0.2) is 12.8 Å². The fraction of sp³-hybridized carbons (Fsp3) is 0.481. The number of anilines is 1. The molecule has 1 fully saturated rings. The van der Waals surface area contributed by atoms with Crippen molar-refractivity contribution in [3.05, 3.63) is 59.9 Å². The fourth-order valence-corrected chi connectivity index (χ4v) is 6.56. The summed E-state index contributed by atoms with van der Waals surface area (Å²) in [6.07, 6.45) is 1.68. The Hall–Kier alpha value is -2.82. The van der Waals surface area contributed by atoms with Crippen molar-refractivity contribution in [2.24, 2.45) is 5.92 Å². The molecule has 0 aromatic heterocycles. The fourth-order valence-electron chi connectivity index (χ4n) is 5.09. The van der Waals surface area contributed by atoms with E-state index >= 15 is 0 Å². The van der Waals surface area contributed by atoms with Gasteiger partial charge in [0, 0.05) is 57.8 Å². The molecular weight excluding hydrogens is 495 g/mol. The van der Waals surface area contributed by atoms with E-state index in [0.29, 0.717) is 39.0 Å². The number of likely N-dealkylation sites (N-methyl/N-ethyl adjacent to an activating group) is 1. The number of carbonyl (C=O) groups excluding carboxylic acids is 2. The second kappa shape index (κ2) is 11.7. The molecule has 200 valence electrons. The second-order valence-corrected chi connectivity index (χ2v) is 11.8.